The van der Waals surface area contributed by atoms with Gasteiger partial charge in [0.1, 0.15) is 18.5 Å². The maximum absolute atomic E-state index is 12.0. The van der Waals surface area contributed by atoms with Gasteiger partial charge in [-0.1, -0.05) is 47.5 Å². The van der Waals surface area contributed by atoms with Crippen LogP contribution in [-0.4, -0.2) is 54.2 Å². The van der Waals surface area contributed by atoms with E-state index in [1.165, 1.54) is 0 Å². The van der Waals surface area contributed by atoms with Crippen LogP contribution in [0.1, 0.15) is 43.0 Å². The lowest BCUT2D eigenvalue weighted by atomic mass is 9.89. The number of benzene rings is 2. The van der Waals surface area contributed by atoms with Gasteiger partial charge < -0.3 is 4.90 Å². The highest BCUT2D eigenvalue weighted by molar-refractivity contribution is 7.85. The van der Waals surface area contributed by atoms with Crippen LogP contribution in [0.15, 0.2) is 77.6 Å². The van der Waals surface area contributed by atoms with Crippen LogP contribution >= 0.6 is 11.6 Å². The largest absolute Gasteiger partial charge is 0.355 e. The number of hydrogen-bond acceptors (Lipinski definition) is 5. The van der Waals surface area contributed by atoms with E-state index in [-0.39, 0.29) is 0 Å². The van der Waals surface area contributed by atoms with Gasteiger partial charge in [-0.25, -0.2) is 14.7 Å². The average Bonchev–Trinajstić information content (AvgIpc) is 3.36. The standard InChI is InChI=1S/C28H32ClN5OS/c1-5-26(33-12-14-36(35)15-13-33)32-28(27(20(2)3)23-7-9-24(29)10-8-23)25-11-6-22(16-21(25)4)17-34-19-30-18-31-34/h5-11,16,18-19H,12-15,17H2,1-4H3/b26-5+,32-28-. The molecule has 0 bridgehead atoms. The fraction of sp³-hybridized carbons (Fsp3) is 0.321. The van der Waals surface area contributed by atoms with Gasteiger partial charge in [0.2, 0.25) is 0 Å². The number of aryl methyl sites for hydroxylation is 1. The third kappa shape index (κ3) is 6.20. The van der Waals surface area contributed by atoms with Crippen LogP contribution in [0, 0.1) is 6.92 Å². The Balaban J connectivity index is 1.81. The van der Waals surface area contributed by atoms with E-state index in [2.05, 4.69) is 54.0 Å². The first-order valence-corrected chi connectivity index (χ1v) is 13.9. The van der Waals surface area contributed by atoms with E-state index in [0.717, 1.165) is 58.0 Å². The van der Waals surface area contributed by atoms with E-state index in [4.69, 9.17) is 16.6 Å². The molecule has 6 nitrogen and oxygen atoms in total. The number of allylic oxidation sites excluding steroid dienone is 3. The minimum Gasteiger partial charge on any atom is -0.355 e. The lowest BCUT2D eigenvalue weighted by Gasteiger charge is -2.29. The number of hydrogen-bond donors (Lipinski definition) is 0. The van der Waals surface area contributed by atoms with Crippen LogP contribution in [0.25, 0.3) is 5.57 Å². The van der Waals surface area contributed by atoms with Crippen molar-refractivity contribution in [3.8, 4) is 0 Å². The normalized spacial score (nSPS) is 15.3. The molecule has 2 aromatic carbocycles. The predicted octanol–water partition coefficient (Wildman–Crippen LogP) is 5.50. The molecule has 0 saturated carbocycles. The molecule has 1 aliphatic heterocycles. The quantitative estimate of drug-likeness (QED) is 0.385. The van der Waals surface area contributed by atoms with Crippen molar-refractivity contribution in [1.82, 2.24) is 19.7 Å². The zero-order valence-electron chi connectivity index (χ0n) is 21.2. The van der Waals surface area contributed by atoms with Crippen LogP contribution in [0.5, 0.6) is 0 Å². The summed E-state index contributed by atoms with van der Waals surface area (Å²) in [5, 5.41) is 4.94. The summed E-state index contributed by atoms with van der Waals surface area (Å²) in [7, 11) is -0.747. The fourth-order valence-corrected chi connectivity index (χ4v) is 5.60. The second-order valence-corrected chi connectivity index (χ2v) is 11.2. The summed E-state index contributed by atoms with van der Waals surface area (Å²) in [6.07, 6.45) is 5.32. The molecular weight excluding hydrogens is 490 g/mol. The SMILES string of the molecule is C/C=C(\N=C(/C(=C(C)C)c1ccc(Cl)cc1)c1ccc(Cn2cncn2)cc1C)N1CCS(=O)CC1. The van der Waals surface area contributed by atoms with E-state index < -0.39 is 10.8 Å². The fourth-order valence-electron chi connectivity index (χ4n) is 4.42. The van der Waals surface area contributed by atoms with Crippen LogP contribution in [0.3, 0.4) is 0 Å². The average molecular weight is 522 g/mol. The van der Waals surface area contributed by atoms with Gasteiger partial charge in [-0.15, -0.1) is 0 Å². The Labute approximate surface area is 220 Å². The molecule has 3 aromatic rings. The Morgan fingerprint density at radius 3 is 2.44 bits per heavy atom. The van der Waals surface area contributed by atoms with E-state index in [0.29, 0.717) is 23.1 Å². The summed E-state index contributed by atoms with van der Waals surface area (Å²) >= 11 is 6.22. The van der Waals surface area contributed by atoms with E-state index in [9.17, 15) is 4.21 Å². The van der Waals surface area contributed by atoms with Crippen molar-refractivity contribution in [2.75, 3.05) is 24.6 Å². The second kappa shape index (κ2) is 11.8. The van der Waals surface area contributed by atoms with Crippen molar-refractivity contribution < 1.29 is 4.21 Å². The minimum absolute atomic E-state index is 0.658. The van der Waals surface area contributed by atoms with Crippen molar-refractivity contribution >= 4 is 33.7 Å². The predicted molar refractivity (Wildman–Crippen MR) is 150 cm³/mol. The Bertz CT molecular complexity index is 1310. The van der Waals surface area contributed by atoms with Crippen LogP contribution in [-0.2, 0) is 17.3 Å². The van der Waals surface area contributed by atoms with Crippen molar-refractivity contribution in [2.24, 2.45) is 4.99 Å². The van der Waals surface area contributed by atoms with E-state index in [1.54, 1.807) is 12.7 Å². The lowest BCUT2D eigenvalue weighted by Crippen LogP contribution is -2.36. The number of aromatic nitrogens is 3. The highest BCUT2D eigenvalue weighted by Crippen LogP contribution is 2.29. The molecule has 2 heterocycles. The summed E-state index contributed by atoms with van der Waals surface area (Å²) in [5.41, 5.74) is 7.59. The van der Waals surface area contributed by atoms with Crippen molar-refractivity contribution in [1.29, 1.82) is 0 Å². The molecule has 1 aromatic heterocycles. The van der Waals surface area contributed by atoms with Crippen molar-refractivity contribution in [2.45, 2.75) is 34.2 Å². The van der Waals surface area contributed by atoms with E-state index >= 15 is 0 Å². The zero-order chi connectivity index (χ0) is 25.7. The minimum atomic E-state index is -0.747. The maximum Gasteiger partial charge on any atom is 0.137 e. The molecule has 0 spiro atoms. The van der Waals surface area contributed by atoms with Gasteiger partial charge in [-0.05, 0) is 62.6 Å². The molecule has 1 aliphatic rings. The number of halogens is 1. The zero-order valence-corrected chi connectivity index (χ0v) is 22.8. The molecule has 1 saturated heterocycles. The third-order valence-electron chi connectivity index (χ3n) is 6.21. The first-order valence-electron chi connectivity index (χ1n) is 12.1. The van der Waals surface area contributed by atoms with Crippen LogP contribution in [0.4, 0.5) is 0 Å². The Kier molecular flexibility index (Phi) is 8.54. The molecule has 0 amide bonds. The van der Waals surface area contributed by atoms with Gasteiger partial charge in [0.05, 0.1) is 12.3 Å². The van der Waals surface area contributed by atoms with Crippen molar-refractivity contribution in [3.05, 3.63) is 99.9 Å². The highest BCUT2D eigenvalue weighted by atomic mass is 35.5. The Hall–Kier alpha value is -3.03. The topological polar surface area (TPSA) is 63.4 Å². The molecule has 0 aliphatic carbocycles. The molecule has 0 atom stereocenters. The first-order chi connectivity index (χ1) is 17.4. The van der Waals surface area contributed by atoms with Gasteiger partial charge >= 0.3 is 0 Å². The van der Waals surface area contributed by atoms with Crippen molar-refractivity contribution in [3.63, 3.8) is 0 Å². The van der Waals surface area contributed by atoms with E-state index in [1.807, 2.05) is 41.9 Å². The second-order valence-electron chi connectivity index (χ2n) is 9.07. The summed E-state index contributed by atoms with van der Waals surface area (Å²) in [6.45, 7) is 10.5. The molecule has 36 heavy (non-hydrogen) atoms. The summed E-state index contributed by atoms with van der Waals surface area (Å²) < 4.78 is 13.8. The lowest BCUT2D eigenvalue weighted by molar-refractivity contribution is 0.372. The summed E-state index contributed by atoms with van der Waals surface area (Å²) in [6, 6.07) is 14.4. The number of rotatable bonds is 7. The number of nitrogens with zero attached hydrogens (tertiary/aromatic N) is 5. The molecule has 188 valence electrons. The van der Waals surface area contributed by atoms with Gasteiger partial charge in [0.25, 0.3) is 0 Å². The first kappa shape index (κ1) is 26.0. The highest BCUT2D eigenvalue weighted by Gasteiger charge is 2.21. The van der Waals surface area contributed by atoms with Gasteiger partial charge in [0.15, 0.2) is 0 Å². The molecule has 0 N–H and O–H groups in total. The van der Waals surface area contributed by atoms with Gasteiger partial charge in [-0.3, -0.25) is 4.21 Å². The summed E-state index contributed by atoms with van der Waals surface area (Å²) in [4.78, 5) is 11.6. The third-order valence-corrected chi connectivity index (χ3v) is 7.74. The van der Waals surface area contributed by atoms with Crippen LogP contribution in [0.2, 0.25) is 5.02 Å². The molecule has 0 unspecified atom stereocenters. The maximum atomic E-state index is 12.0. The monoisotopic (exact) mass is 521 g/mol. The Morgan fingerprint density at radius 2 is 1.86 bits per heavy atom. The molecular formula is C28H32ClN5OS. The smallest absolute Gasteiger partial charge is 0.137 e. The summed E-state index contributed by atoms with van der Waals surface area (Å²) in [5.74, 6) is 2.25. The molecule has 1 fully saturated rings. The molecule has 4 rings (SSSR count). The molecule has 8 heteroatoms. The van der Waals surface area contributed by atoms with Crippen LogP contribution < -0.4 is 0 Å². The number of aliphatic imine (C=N–C) groups is 1. The van der Waals surface area contributed by atoms with Gasteiger partial charge in [-0.2, -0.15) is 5.10 Å². The Morgan fingerprint density at radius 1 is 1.14 bits per heavy atom. The molecule has 0 radical (unpaired) electrons. The van der Waals surface area contributed by atoms with Gasteiger partial charge in [0, 0.05) is 51.6 Å².